The normalized spacial score (nSPS) is 22.1. The third kappa shape index (κ3) is 4.58. The lowest BCUT2D eigenvalue weighted by atomic mass is 9.94. The predicted molar refractivity (Wildman–Crippen MR) is 117 cm³/mol. The molecule has 0 spiro atoms. The Labute approximate surface area is 174 Å². The Kier molecular flexibility index (Phi) is 6.38. The van der Waals surface area contributed by atoms with Crippen molar-refractivity contribution in [3.63, 3.8) is 0 Å². The fourth-order valence-electron chi connectivity index (χ4n) is 5.07. The maximum Gasteiger partial charge on any atom is 0.251 e. The number of nitrogens with zero attached hydrogens (tertiary/aromatic N) is 2. The van der Waals surface area contributed by atoms with Gasteiger partial charge in [-0.15, -0.1) is 0 Å². The quantitative estimate of drug-likeness (QED) is 0.721. The molecule has 0 bridgehead atoms. The SMILES string of the molecule is CN(CCCNC(=O)c1ccc2c(c1)NC(=O)[C@H]1CCCCN21)C1CCCCC1. The highest BCUT2D eigenvalue weighted by Gasteiger charge is 2.34. The lowest BCUT2D eigenvalue weighted by Gasteiger charge is -2.41. The highest BCUT2D eigenvalue weighted by Crippen LogP contribution is 2.36. The number of piperidine rings is 1. The molecule has 1 saturated heterocycles. The van der Waals surface area contributed by atoms with Gasteiger partial charge in [0.05, 0.1) is 11.4 Å². The van der Waals surface area contributed by atoms with Crippen molar-refractivity contribution in [2.75, 3.05) is 36.9 Å². The molecular weight excluding hydrogens is 364 g/mol. The summed E-state index contributed by atoms with van der Waals surface area (Å²) in [4.78, 5) is 29.7. The summed E-state index contributed by atoms with van der Waals surface area (Å²) in [7, 11) is 2.21. The van der Waals surface area contributed by atoms with Gasteiger partial charge in [0, 0.05) is 24.7 Å². The molecule has 1 atom stereocenters. The first-order valence-corrected chi connectivity index (χ1v) is 11.3. The molecule has 6 nitrogen and oxygen atoms in total. The maximum absolute atomic E-state index is 12.6. The Morgan fingerprint density at radius 2 is 1.97 bits per heavy atom. The Morgan fingerprint density at radius 1 is 1.17 bits per heavy atom. The molecule has 2 aliphatic heterocycles. The standard InChI is InChI=1S/C23H34N4O2/c1-26(18-8-3-2-4-9-18)14-7-13-24-22(28)17-11-12-20-19(16-17)25-23(29)21-10-5-6-15-27(20)21/h11-12,16,18,21H,2-10,13-15H2,1H3,(H,24,28)(H,25,29)/t21-/m1/s1. The second kappa shape index (κ2) is 9.16. The van der Waals surface area contributed by atoms with Crippen LogP contribution in [0.5, 0.6) is 0 Å². The molecule has 1 aromatic carbocycles. The van der Waals surface area contributed by atoms with Crippen LogP contribution >= 0.6 is 0 Å². The predicted octanol–water partition coefficient (Wildman–Crippen LogP) is 3.38. The fourth-order valence-corrected chi connectivity index (χ4v) is 5.07. The third-order valence-electron chi connectivity index (χ3n) is 6.80. The fraction of sp³-hybridized carbons (Fsp3) is 0.652. The number of anilines is 2. The van der Waals surface area contributed by atoms with Gasteiger partial charge in [-0.2, -0.15) is 0 Å². The van der Waals surface area contributed by atoms with Gasteiger partial charge in [0.15, 0.2) is 0 Å². The number of nitrogens with one attached hydrogen (secondary N) is 2. The summed E-state index contributed by atoms with van der Waals surface area (Å²) < 4.78 is 0. The van der Waals surface area contributed by atoms with Crippen molar-refractivity contribution in [1.82, 2.24) is 10.2 Å². The molecule has 0 radical (unpaired) electrons. The minimum atomic E-state index is -0.0665. The van der Waals surface area contributed by atoms with E-state index >= 15 is 0 Å². The molecule has 3 aliphatic rings. The van der Waals surface area contributed by atoms with Gasteiger partial charge in [0.25, 0.3) is 5.91 Å². The van der Waals surface area contributed by atoms with Crippen LogP contribution in [0.2, 0.25) is 0 Å². The zero-order valence-electron chi connectivity index (χ0n) is 17.6. The first kappa shape index (κ1) is 20.2. The van der Waals surface area contributed by atoms with Gasteiger partial charge in [0.2, 0.25) is 5.91 Å². The molecular formula is C23H34N4O2. The Morgan fingerprint density at radius 3 is 2.79 bits per heavy atom. The van der Waals surface area contributed by atoms with Gasteiger partial charge in [-0.1, -0.05) is 19.3 Å². The summed E-state index contributed by atoms with van der Waals surface area (Å²) in [6.45, 7) is 2.60. The average molecular weight is 399 g/mol. The zero-order chi connectivity index (χ0) is 20.2. The number of benzene rings is 1. The lowest BCUT2D eigenvalue weighted by molar-refractivity contribution is -0.118. The van der Waals surface area contributed by atoms with E-state index in [1.807, 2.05) is 18.2 Å². The molecule has 0 unspecified atom stereocenters. The van der Waals surface area contributed by atoms with E-state index in [2.05, 4.69) is 27.5 Å². The second-order valence-electron chi connectivity index (χ2n) is 8.81. The molecule has 4 rings (SSSR count). The molecule has 1 aromatic rings. The molecule has 0 aromatic heterocycles. The van der Waals surface area contributed by atoms with Crippen LogP contribution in [0.15, 0.2) is 18.2 Å². The van der Waals surface area contributed by atoms with Crippen LogP contribution in [-0.2, 0) is 4.79 Å². The van der Waals surface area contributed by atoms with Crippen molar-refractivity contribution in [3.05, 3.63) is 23.8 Å². The van der Waals surface area contributed by atoms with Crippen LogP contribution in [0.25, 0.3) is 0 Å². The smallest absolute Gasteiger partial charge is 0.251 e. The van der Waals surface area contributed by atoms with Crippen molar-refractivity contribution in [3.8, 4) is 0 Å². The van der Waals surface area contributed by atoms with Crippen LogP contribution in [-0.4, -0.2) is 55.5 Å². The Balaban J connectivity index is 1.29. The molecule has 6 heteroatoms. The summed E-state index contributed by atoms with van der Waals surface area (Å²) in [5.41, 5.74) is 2.41. The van der Waals surface area contributed by atoms with Crippen molar-refractivity contribution < 1.29 is 9.59 Å². The first-order valence-electron chi connectivity index (χ1n) is 11.3. The van der Waals surface area contributed by atoms with Crippen LogP contribution in [0.4, 0.5) is 11.4 Å². The first-order chi connectivity index (χ1) is 14.1. The zero-order valence-corrected chi connectivity index (χ0v) is 17.6. The van der Waals surface area contributed by atoms with E-state index in [0.29, 0.717) is 18.2 Å². The molecule has 2 heterocycles. The van der Waals surface area contributed by atoms with E-state index in [0.717, 1.165) is 50.1 Å². The van der Waals surface area contributed by atoms with E-state index < -0.39 is 0 Å². The monoisotopic (exact) mass is 398 g/mol. The summed E-state index contributed by atoms with van der Waals surface area (Å²) in [6.07, 6.45) is 10.8. The summed E-state index contributed by atoms with van der Waals surface area (Å²) in [5, 5.41) is 6.05. The lowest BCUT2D eigenvalue weighted by Crippen LogP contribution is -2.50. The molecule has 2 amide bonds. The summed E-state index contributed by atoms with van der Waals surface area (Å²) >= 11 is 0. The maximum atomic E-state index is 12.6. The van der Waals surface area contributed by atoms with Gasteiger partial charge in [0.1, 0.15) is 6.04 Å². The van der Waals surface area contributed by atoms with Gasteiger partial charge in [-0.3, -0.25) is 9.59 Å². The van der Waals surface area contributed by atoms with E-state index in [9.17, 15) is 9.59 Å². The van der Waals surface area contributed by atoms with E-state index in [1.165, 1.54) is 32.1 Å². The van der Waals surface area contributed by atoms with E-state index in [1.54, 1.807) is 0 Å². The number of amides is 2. The highest BCUT2D eigenvalue weighted by atomic mass is 16.2. The molecule has 1 aliphatic carbocycles. The van der Waals surface area contributed by atoms with Crippen LogP contribution in [0, 0.1) is 0 Å². The number of carbonyl (C=O) groups excluding carboxylic acids is 2. The molecule has 29 heavy (non-hydrogen) atoms. The highest BCUT2D eigenvalue weighted by molar-refractivity contribution is 6.05. The van der Waals surface area contributed by atoms with Crippen LogP contribution < -0.4 is 15.5 Å². The number of fused-ring (bicyclic) bond motifs is 3. The van der Waals surface area contributed by atoms with Crippen molar-refractivity contribution in [1.29, 1.82) is 0 Å². The van der Waals surface area contributed by atoms with Crippen molar-refractivity contribution >= 4 is 23.2 Å². The number of carbonyl (C=O) groups is 2. The van der Waals surface area contributed by atoms with Crippen molar-refractivity contribution in [2.24, 2.45) is 0 Å². The summed E-state index contributed by atoms with van der Waals surface area (Å²) in [5.74, 6) is -0.0105. The Hall–Kier alpha value is -2.08. The molecule has 1 saturated carbocycles. The van der Waals surface area contributed by atoms with E-state index in [-0.39, 0.29) is 17.9 Å². The van der Waals surface area contributed by atoms with Crippen molar-refractivity contribution in [2.45, 2.75) is 69.9 Å². The molecule has 2 N–H and O–H groups in total. The third-order valence-corrected chi connectivity index (χ3v) is 6.80. The van der Waals surface area contributed by atoms with Crippen LogP contribution in [0.3, 0.4) is 0 Å². The Bertz CT molecular complexity index is 744. The van der Waals surface area contributed by atoms with Gasteiger partial charge < -0.3 is 20.4 Å². The second-order valence-corrected chi connectivity index (χ2v) is 8.81. The summed E-state index contributed by atoms with van der Waals surface area (Å²) in [6, 6.07) is 6.34. The van der Waals surface area contributed by atoms with Gasteiger partial charge >= 0.3 is 0 Å². The molecule has 158 valence electrons. The number of hydrogen-bond acceptors (Lipinski definition) is 4. The number of hydrogen-bond donors (Lipinski definition) is 2. The largest absolute Gasteiger partial charge is 0.358 e. The minimum absolute atomic E-state index is 0.0560. The number of rotatable bonds is 6. The average Bonchev–Trinajstić information content (AvgIpc) is 2.77. The van der Waals surface area contributed by atoms with Gasteiger partial charge in [-0.05, 0) is 70.3 Å². The van der Waals surface area contributed by atoms with Crippen LogP contribution in [0.1, 0.15) is 68.1 Å². The van der Waals surface area contributed by atoms with Gasteiger partial charge in [-0.25, -0.2) is 0 Å². The molecule has 2 fully saturated rings. The van der Waals surface area contributed by atoms with E-state index in [4.69, 9.17) is 0 Å². The topological polar surface area (TPSA) is 64.7 Å². The minimum Gasteiger partial charge on any atom is -0.358 e.